The highest BCUT2D eigenvalue weighted by Gasteiger charge is 2.32. The van der Waals surface area contributed by atoms with Crippen LogP contribution in [0.15, 0.2) is 53.1 Å². The maximum Gasteiger partial charge on any atom is 0.273 e. The van der Waals surface area contributed by atoms with Crippen LogP contribution in [0.3, 0.4) is 0 Å². The van der Waals surface area contributed by atoms with Gasteiger partial charge >= 0.3 is 0 Å². The Morgan fingerprint density at radius 1 is 1.25 bits per heavy atom. The molecule has 0 bridgehead atoms. The Balaban J connectivity index is 1.50. The first-order chi connectivity index (χ1) is 17.4. The number of likely N-dealkylation sites (N-methyl/N-ethyl adjacent to an activating group) is 1. The van der Waals surface area contributed by atoms with Crippen molar-refractivity contribution < 1.29 is 23.1 Å². The van der Waals surface area contributed by atoms with Gasteiger partial charge in [0.05, 0.1) is 6.04 Å². The number of fused-ring (bicyclic) bond motifs is 1. The summed E-state index contributed by atoms with van der Waals surface area (Å²) in [5.74, 6) is 0.198. The Morgan fingerprint density at radius 3 is 2.83 bits per heavy atom. The lowest BCUT2D eigenvalue weighted by atomic mass is 9.87. The van der Waals surface area contributed by atoms with Gasteiger partial charge in [0.2, 0.25) is 11.8 Å². The van der Waals surface area contributed by atoms with E-state index in [1.807, 2.05) is 50.2 Å². The minimum absolute atomic E-state index is 0.0115. The van der Waals surface area contributed by atoms with Gasteiger partial charge in [0.1, 0.15) is 17.8 Å². The van der Waals surface area contributed by atoms with Crippen LogP contribution >= 0.6 is 0 Å². The van der Waals surface area contributed by atoms with Gasteiger partial charge < -0.3 is 24.3 Å². The van der Waals surface area contributed by atoms with Gasteiger partial charge in [-0.3, -0.25) is 9.59 Å². The zero-order chi connectivity index (χ0) is 25.7. The average molecular weight is 495 g/mol. The summed E-state index contributed by atoms with van der Waals surface area (Å²) >= 11 is 0. The van der Waals surface area contributed by atoms with Gasteiger partial charge in [0, 0.05) is 26.1 Å². The maximum absolute atomic E-state index is 14.1. The predicted molar refractivity (Wildman–Crippen MR) is 132 cm³/mol. The van der Waals surface area contributed by atoms with Gasteiger partial charge in [-0.05, 0) is 61.5 Å². The van der Waals surface area contributed by atoms with Crippen LogP contribution in [0, 0.1) is 5.82 Å². The zero-order valence-electron chi connectivity index (χ0n) is 20.8. The number of rotatable bonds is 9. The van der Waals surface area contributed by atoms with E-state index in [0.29, 0.717) is 37.2 Å². The summed E-state index contributed by atoms with van der Waals surface area (Å²) in [6, 6.07) is 11.7. The van der Waals surface area contributed by atoms with E-state index in [0.717, 1.165) is 17.7 Å². The summed E-state index contributed by atoms with van der Waals surface area (Å²) in [5.41, 5.74) is 2.90. The van der Waals surface area contributed by atoms with Crippen LogP contribution in [-0.2, 0) is 17.8 Å². The molecule has 8 nitrogen and oxygen atoms in total. The minimum atomic E-state index is -0.403. The third-order valence-corrected chi connectivity index (χ3v) is 6.12. The van der Waals surface area contributed by atoms with Gasteiger partial charge in [-0.25, -0.2) is 9.37 Å². The highest BCUT2D eigenvalue weighted by molar-refractivity contribution is 5.91. The molecule has 2 heterocycles. The van der Waals surface area contributed by atoms with Crippen LogP contribution in [0.1, 0.15) is 52.5 Å². The highest BCUT2D eigenvalue weighted by atomic mass is 19.1. The monoisotopic (exact) mass is 494 g/mol. The zero-order valence-corrected chi connectivity index (χ0v) is 20.8. The number of hydrogen-bond acceptors (Lipinski definition) is 6. The van der Waals surface area contributed by atoms with Crippen LogP contribution < -0.4 is 10.1 Å². The van der Waals surface area contributed by atoms with Gasteiger partial charge in [0.15, 0.2) is 12.3 Å². The smallest absolute Gasteiger partial charge is 0.273 e. The molecular weight excluding hydrogens is 463 g/mol. The fraction of sp³-hybridized carbons (Fsp3) is 0.370. The molecule has 0 spiro atoms. The van der Waals surface area contributed by atoms with Crippen LogP contribution in [-0.4, -0.2) is 60.3 Å². The molecular formula is C27H31FN4O4. The van der Waals surface area contributed by atoms with Crippen molar-refractivity contribution in [2.24, 2.45) is 0 Å². The largest absolute Gasteiger partial charge is 0.484 e. The van der Waals surface area contributed by atoms with Gasteiger partial charge in [-0.1, -0.05) is 25.1 Å². The van der Waals surface area contributed by atoms with E-state index in [1.54, 1.807) is 11.0 Å². The molecule has 0 unspecified atom stereocenters. The molecule has 0 saturated heterocycles. The molecule has 1 N–H and O–H groups in total. The lowest BCUT2D eigenvalue weighted by Crippen LogP contribution is -2.40. The number of nitrogens with one attached hydrogen (secondary N) is 1. The molecule has 0 saturated carbocycles. The molecule has 0 radical (unpaired) electrons. The normalized spacial score (nSPS) is 15.0. The number of nitrogens with zero attached hydrogens (tertiary/aromatic N) is 3. The van der Waals surface area contributed by atoms with Gasteiger partial charge in [-0.15, -0.1) is 0 Å². The van der Waals surface area contributed by atoms with Gasteiger partial charge in [-0.2, -0.15) is 0 Å². The summed E-state index contributed by atoms with van der Waals surface area (Å²) in [5, 5.41) is 2.79. The first-order valence-corrected chi connectivity index (χ1v) is 12.0. The van der Waals surface area contributed by atoms with Crippen molar-refractivity contribution in [3.05, 3.63) is 82.8 Å². The molecule has 2 amide bonds. The number of amides is 2. The second kappa shape index (κ2) is 11.3. The number of carbonyl (C=O) groups excluding carboxylic acids is 2. The summed E-state index contributed by atoms with van der Waals surface area (Å²) in [7, 11) is 3.86. The van der Waals surface area contributed by atoms with Crippen LogP contribution in [0.25, 0.3) is 0 Å². The number of aromatic nitrogens is 1. The summed E-state index contributed by atoms with van der Waals surface area (Å²) in [4.78, 5) is 33.0. The minimum Gasteiger partial charge on any atom is -0.484 e. The van der Waals surface area contributed by atoms with Crippen molar-refractivity contribution in [3.8, 4) is 5.75 Å². The SMILES string of the molecule is CCC(=O)N1CCc2ccc(OCc3nc(C(=O)NCCN(C)C)co3)cc2[C@@H]1c1cccc(F)c1. The van der Waals surface area contributed by atoms with Crippen molar-refractivity contribution in [1.82, 2.24) is 20.1 Å². The number of halogens is 1. The average Bonchev–Trinajstić information content (AvgIpc) is 3.35. The van der Waals surface area contributed by atoms with E-state index >= 15 is 0 Å². The molecule has 36 heavy (non-hydrogen) atoms. The van der Waals surface area contributed by atoms with Crippen LogP contribution in [0.4, 0.5) is 4.39 Å². The summed E-state index contributed by atoms with van der Waals surface area (Å²) in [6.45, 7) is 3.65. The molecule has 1 aliphatic rings. The molecule has 0 aliphatic carbocycles. The molecule has 4 rings (SSSR count). The van der Waals surface area contributed by atoms with Crippen molar-refractivity contribution in [2.75, 3.05) is 33.7 Å². The number of benzene rings is 2. The first kappa shape index (κ1) is 25.4. The van der Waals surface area contributed by atoms with E-state index in [1.165, 1.54) is 18.4 Å². The number of carbonyl (C=O) groups is 2. The number of ether oxygens (including phenoxy) is 1. The lowest BCUT2D eigenvalue weighted by molar-refractivity contribution is -0.132. The Kier molecular flexibility index (Phi) is 8.00. The lowest BCUT2D eigenvalue weighted by Gasteiger charge is -2.38. The van der Waals surface area contributed by atoms with Crippen molar-refractivity contribution in [1.29, 1.82) is 0 Å². The van der Waals surface area contributed by atoms with Gasteiger partial charge in [0.25, 0.3) is 5.91 Å². The second-order valence-electron chi connectivity index (χ2n) is 8.98. The molecule has 3 aromatic rings. The molecule has 1 atom stereocenters. The van der Waals surface area contributed by atoms with Crippen molar-refractivity contribution in [3.63, 3.8) is 0 Å². The fourth-order valence-corrected chi connectivity index (χ4v) is 4.30. The number of oxazole rings is 1. The van der Waals surface area contributed by atoms with E-state index < -0.39 is 6.04 Å². The Bertz CT molecular complexity index is 1230. The van der Waals surface area contributed by atoms with E-state index in [2.05, 4.69) is 10.3 Å². The third kappa shape index (κ3) is 5.91. The van der Waals surface area contributed by atoms with Crippen LogP contribution in [0.2, 0.25) is 0 Å². The molecule has 1 aliphatic heterocycles. The number of hydrogen-bond donors (Lipinski definition) is 1. The molecule has 190 valence electrons. The maximum atomic E-state index is 14.1. The Morgan fingerprint density at radius 2 is 2.08 bits per heavy atom. The predicted octanol–water partition coefficient (Wildman–Crippen LogP) is 3.57. The van der Waals surface area contributed by atoms with Crippen molar-refractivity contribution in [2.45, 2.75) is 32.4 Å². The topological polar surface area (TPSA) is 87.9 Å². The second-order valence-corrected chi connectivity index (χ2v) is 8.98. The molecule has 2 aromatic carbocycles. The standard InChI is InChI=1S/C27H31FN4O4/c1-4-25(33)32-12-10-18-8-9-21(15-22(18)26(32)19-6-5-7-20(28)14-19)35-17-24-30-23(16-36-24)27(34)29-11-13-31(2)3/h5-9,14-16,26H,4,10-13,17H2,1-3H3,(H,29,34)/t26-/m0/s1. The first-order valence-electron chi connectivity index (χ1n) is 12.0. The molecule has 1 aromatic heterocycles. The van der Waals surface area contributed by atoms with Crippen LogP contribution in [0.5, 0.6) is 5.75 Å². The quantitative estimate of drug-likeness (QED) is 0.489. The summed E-state index contributed by atoms with van der Waals surface area (Å²) in [6.07, 6.45) is 2.39. The Labute approximate surface area is 210 Å². The highest BCUT2D eigenvalue weighted by Crippen LogP contribution is 2.37. The van der Waals surface area contributed by atoms with E-state index in [9.17, 15) is 14.0 Å². The third-order valence-electron chi connectivity index (χ3n) is 6.12. The van der Waals surface area contributed by atoms with E-state index in [4.69, 9.17) is 9.15 Å². The fourth-order valence-electron chi connectivity index (χ4n) is 4.30. The van der Waals surface area contributed by atoms with E-state index in [-0.39, 0.29) is 35.8 Å². The van der Waals surface area contributed by atoms with Crippen molar-refractivity contribution >= 4 is 11.8 Å². The molecule has 0 fully saturated rings. The summed E-state index contributed by atoms with van der Waals surface area (Å²) < 4.78 is 25.4. The Hall–Kier alpha value is -3.72. The molecule has 9 heteroatoms.